The van der Waals surface area contributed by atoms with E-state index in [4.69, 9.17) is 10.5 Å². The topological polar surface area (TPSA) is 116 Å². The van der Waals surface area contributed by atoms with Gasteiger partial charge in [0.15, 0.2) is 5.75 Å². The van der Waals surface area contributed by atoms with E-state index < -0.39 is 14.9 Å². The Balaban J connectivity index is 0.00000242. The Morgan fingerprint density at radius 2 is 2.18 bits per heavy atom. The number of nitrogens with zero attached hydrogens (tertiary/aromatic N) is 2. The van der Waals surface area contributed by atoms with E-state index in [9.17, 15) is 18.5 Å². The number of rotatable bonds is 5. The van der Waals surface area contributed by atoms with Crippen LogP contribution in [0, 0.1) is 16.0 Å². The molecule has 1 aromatic carbocycles. The van der Waals surface area contributed by atoms with E-state index in [1.807, 2.05) is 0 Å². The monoisotopic (exact) mass is 351 g/mol. The number of ether oxygens (including phenoxy) is 1. The first kappa shape index (κ1) is 18.6. The molecule has 0 spiro atoms. The standard InChI is InChI=1S/C12H17N3O5S.ClH/c1-20-12-3-2-10(6-11(12)15(16)17)21(18,19)14-5-4-9(7-13)8-14;/h2-3,6,9H,4-5,7-8,13H2,1H3;1H. The van der Waals surface area contributed by atoms with Crippen LogP contribution in [0.25, 0.3) is 0 Å². The van der Waals surface area contributed by atoms with Crippen molar-refractivity contribution < 1.29 is 18.1 Å². The molecule has 0 aliphatic carbocycles. The van der Waals surface area contributed by atoms with Crippen LogP contribution in [-0.2, 0) is 10.0 Å². The second-order valence-corrected chi connectivity index (χ2v) is 6.78. The fourth-order valence-electron chi connectivity index (χ4n) is 2.33. The summed E-state index contributed by atoms with van der Waals surface area (Å²) in [5.74, 6) is 0.160. The van der Waals surface area contributed by atoms with Gasteiger partial charge >= 0.3 is 5.69 Å². The number of sulfonamides is 1. The Bertz CT molecular complexity index is 652. The molecule has 1 aromatic rings. The van der Waals surface area contributed by atoms with Crippen LogP contribution in [0.1, 0.15) is 6.42 Å². The highest BCUT2D eigenvalue weighted by molar-refractivity contribution is 7.89. The minimum Gasteiger partial charge on any atom is -0.490 e. The minimum absolute atomic E-state index is 0. The lowest BCUT2D eigenvalue weighted by Gasteiger charge is -2.16. The molecule has 22 heavy (non-hydrogen) atoms. The minimum atomic E-state index is -3.74. The summed E-state index contributed by atoms with van der Waals surface area (Å²) in [4.78, 5) is 10.2. The molecule has 1 unspecified atom stereocenters. The zero-order chi connectivity index (χ0) is 15.6. The third-order valence-corrected chi connectivity index (χ3v) is 5.43. The average Bonchev–Trinajstić information content (AvgIpc) is 2.96. The molecule has 124 valence electrons. The number of halogens is 1. The predicted molar refractivity (Wildman–Crippen MR) is 82.8 cm³/mol. The Hall–Kier alpha value is -1.42. The molecule has 1 aliphatic rings. The van der Waals surface area contributed by atoms with Gasteiger partial charge in [0.2, 0.25) is 10.0 Å². The van der Waals surface area contributed by atoms with Gasteiger partial charge in [-0.25, -0.2) is 8.42 Å². The molecule has 0 aromatic heterocycles. The van der Waals surface area contributed by atoms with Crippen molar-refractivity contribution in [1.82, 2.24) is 4.31 Å². The summed E-state index contributed by atoms with van der Waals surface area (Å²) in [5.41, 5.74) is 5.18. The van der Waals surface area contributed by atoms with E-state index in [0.717, 1.165) is 6.07 Å². The van der Waals surface area contributed by atoms with Gasteiger partial charge in [0.25, 0.3) is 0 Å². The van der Waals surface area contributed by atoms with Crippen LogP contribution in [-0.4, -0.2) is 44.4 Å². The Morgan fingerprint density at radius 3 is 2.68 bits per heavy atom. The van der Waals surface area contributed by atoms with Crippen molar-refractivity contribution in [1.29, 1.82) is 0 Å². The Kier molecular flexibility index (Phi) is 6.12. The average molecular weight is 352 g/mol. The molecular weight excluding hydrogens is 334 g/mol. The fraction of sp³-hybridized carbons (Fsp3) is 0.500. The van der Waals surface area contributed by atoms with Crippen LogP contribution in [0.5, 0.6) is 5.75 Å². The van der Waals surface area contributed by atoms with E-state index in [0.29, 0.717) is 26.1 Å². The molecule has 2 rings (SSSR count). The lowest BCUT2D eigenvalue weighted by Crippen LogP contribution is -2.30. The number of nitrogens with two attached hydrogens (primary N) is 1. The number of nitro benzene ring substituents is 1. The van der Waals surface area contributed by atoms with Crippen LogP contribution >= 0.6 is 12.4 Å². The second kappa shape index (κ2) is 7.23. The molecule has 1 atom stereocenters. The number of methoxy groups -OCH3 is 1. The molecule has 8 nitrogen and oxygen atoms in total. The largest absolute Gasteiger partial charge is 0.490 e. The van der Waals surface area contributed by atoms with Gasteiger partial charge in [0.1, 0.15) is 0 Å². The van der Waals surface area contributed by atoms with Crippen molar-refractivity contribution in [3.63, 3.8) is 0 Å². The quantitative estimate of drug-likeness (QED) is 0.624. The molecule has 2 N–H and O–H groups in total. The molecule has 1 fully saturated rings. The van der Waals surface area contributed by atoms with Crippen molar-refractivity contribution >= 4 is 28.1 Å². The highest BCUT2D eigenvalue weighted by Crippen LogP contribution is 2.31. The molecular formula is C12H18ClN3O5S. The summed E-state index contributed by atoms with van der Waals surface area (Å²) in [7, 11) is -2.45. The SMILES string of the molecule is COc1ccc(S(=O)(=O)N2CCC(CN)C2)cc1[N+](=O)[O-].Cl. The molecule has 0 saturated carbocycles. The highest BCUT2D eigenvalue weighted by Gasteiger charge is 2.33. The van der Waals surface area contributed by atoms with Crippen molar-refractivity contribution in [3.8, 4) is 5.75 Å². The number of benzene rings is 1. The molecule has 0 radical (unpaired) electrons. The fourth-order valence-corrected chi connectivity index (χ4v) is 3.88. The van der Waals surface area contributed by atoms with Gasteiger partial charge in [-0.1, -0.05) is 0 Å². The zero-order valence-electron chi connectivity index (χ0n) is 12.0. The number of nitro groups is 1. The van der Waals surface area contributed by atoms with Crippen molar-refractivity contribution in [2.45, 2.75) is 11.3 Å². The van der Waals surface area contributed by atoms with Crippen LogP contribution < -0.4 is 10.5 Å². The molecule has 0 amide bonds. The first-order chi connectivity index (χ1) is 9.90. The number of hydrogen-bond donors (Lipinski definition) is 1. The van der Waals surface area contributed by atoms with Crippen molar-refractivity contribution in [2.24, 2.45) is 11.7 Å². The maximum Gasteiger partial charge on any atom is 0.312 e. The first-order valence-electron chi connectivity index (χ1n) is 6.42. The van der Waals surface area contributed by atoms with Crippen molar-refractivity contribution in [3.05, 3.63) is 28.3 Å². The molecule has 1 heterocycles. The summed E-state index contributed by atoms with van der Waals surface area (Å²) in [6, 6.07) is 3.64. The first-order valence-corrected chi connectivity index (χ1v) is 7.86. The van der Waals surface area contributed by atoms with E-state index in [-0.39, 0.29) is 34.7 Å². The Morgan fingerprint density at radius 1 is 1.50 bits per heavy atom. The van der Waals surface area contributed by atoms with Gasteiger partial charge in [-0.15, -0.1) is 12.4 Å². The van der Waals surface area contributed by atoms with Crippen LogP contribution in [0.2, 0.25) is 0 Å². The van der Waals surface area contributed by atoms with Crippen LogP contribution in [0.15, 0.2) is 23.1 Å². The smallest absolute Gasteiger partial charge is 0.312 e. The number of hydrogen-bond acceptors (Lipinski definition) is 6. The summed E-state index contributed by atoms with van der Waals surface area (Å²) in [6.07, 6.45) is 0.702. The van der Waals surface area contributed by atoms with E-state index in [2.05, 4.69) is 0 Å². The lowest BCUT2D eigenvalue weighted by atomic mass is 10.1. The maximum absolute atomic E-state index is 12.5. The van der Waals surface area contributed by atoms with Gasteiger partial charge in [-0.3, -0.25) is 10.1 Å². The van der Waals surface area contributed by atoms with Gasteiger partial charge in [-0.05, 0) is 31.0 Å². The lowest BCUT2D eigenvalue weighted by molar-refractivity contribution is -0.386. The van der Waals surface area contributed by atoms with Gasteiger partial charge in [0, 0.05) is 19.2 Å². The Labute approximate surface area is 134 Å². The third kappa shape index (κ3) is 3.49. The molecule has 1 saturated heterocycles. The van der Waals surface area contributed by atoms with Crippen LogP contribution in [0.4, 0.5) is 5.69 Å². The molecule has 1 aliphatic heterocycles. The second-order valence-electron chi connectivity index (χ2n) is 4.84. The van der Waals surface area contributed by atoms with Gasteiger partial charge in [0.05, 0.1) is 16.9 Å². The maximum atomic E-state index is 12.5. The van der Waals surface area contributed by atoms with Crippen LogP contribution in [0.3, 0.4) is 0 Å². The summed E-state index contributed by atoms with van der Waals surface area (Å²) in [6.45, 7) is 1.15. The predicted octanol–water partition coefficient (Wildman–Crippen LogP) is 0.994. The normalized spacial score (nSPS) is 18.7. The van der Waals surface area contributed by atoms with Crippen molar-refractivity contribution in [2.75, 3.05) is 26.7 Å². The van der Waals surface area contributed by atoms with Gasteiger partial charge < -0.3 is 10.5 Å². The van der Waals surface area contributed by atoms with E-state index in [1.54, 1.807) is 0 Å². The van der Waals surface area contributed by atoms with E-state index >= 15 is 0 Å². The highest BCUT2D eigenvalue weighted by atomic mass is 35.5. The van der Waals surface area contributed by atoms with Gasteiger partial charge in [-0.2, -0.15) is 4.31 Å². The summed E-state index contributed by atoms with van der Waals surface area (Å²) < 4.78 is 31.2. The summed E-state index contributed by atoms with van der Waals surface area (Å²) in [5, 5.41) is 11.0. The summed E-state index contributed by atoms with van der Waals surface area (Å²) >= 11 is 0. The van der Waals surface area contributed by atoms with E-state index in [1.165, 1.54) is 23.5 Å². The molecule has 10 heteroatoms. The zero-order valence-corrected chi connectivity index (χ0v) is 13.6. The molecule has 0 bridgehead atoms. The third-order valence-electron chi connectivity index (χ3n) is 3.57.